The predicted octanol–water partition coefficient (Wildman–Crippen LogP) is -1.01. The van der Waals surface area contributed by atoms with Gasteiger partial charge in [-0.1, -0.05) is 5.21 Å². The van der Waals surface area contributed by atoms with E-state index >= 15 is 0 Å². The molecular weight excluding hydrogens is 339 g/mol. The van der Waals surface area contributed by atoms with Gasteiger partial charge in [-0.2, -0.15) is 4.68 Å². The molecule has 4 heterocycles. The fourth-order valence-electron chi connectivity index (χ4n) is 2.46. The summed E-state index contributed by atoms with van der Waals surface area (Å²) in [6.45, 7) is 2.86. The third-order valence-corrected chi connectivity index (χ3v) is 3.62. The summed E-state index contributed by atoms with van der Waals surface area (Å²) in [4.78, 5) is 23.1. The number of nitrogens with zero attached hydrogens (tertiary/aromatic N) is 7. The topological polar surface area (TPSA) is 107 Å². The summed E-state index contributed by atoms with van der Waals surface area (Å²) in [6.07, 6.45) is 6.13. The number of aromatic nitrogens is 7. The van der Waals surface area contributed by atoms with Crippen molar-refractivity contribution in [2.24, 2.45) is 0 Å². The minimum absolute atomic E-state index is 0. The monoisotopic (exact) mass is 353 g/mol. The molecule has 1 fully saturated rings. The van der Waals surface area contributed by atoms with Crippen molar-refractivity contribution >= 4 is 57.2 Å². The zero-order chi connectivity index (χ0) is 15.6. The van der Waals surface area contributed by atoms with Crippen molar-refractivity contribution in [3.05, 3.63) is 41.3 Å². The fourth-order valence-corrected chi connectivity index (χ4v) is 2.46. The minimum atomic E-state index is -0.262. The molecule has 24 heavy (non-hydrogen) atoms. The second kappa shape index (κ2) is 7.67. The van der Waals surface area contributed by atoms with Gasteiger partial charge in [0, 0.05) is 70.5 Å². The van der Waals surface area contributed by atoms with Gasteiger partial charge in [-0.3, -0.25) is 9.89 Å². The molecule has 4 rings (SSSR count). The first kappa shape index (κ1) is 17.4. The van der Waals surface area contributed by atoms with Gasteiger partial charge >= 0.3 is 0 Å². The van der Waals surface area contributed by atoms with E-state index in [1.54, 1.807) is 18.5 Å². The van der Waals surface area contributed by atoms with Gasteiger partial charge in [-0.15, -0.1) is 5.10 Å². The van der Waals surface area contributed by atoms with Crippen LogP contribution in [-0.2, 0) is 4.74 Å². The Morgan fingerprint density at radius 1 is 1.17 bits per heavy atom. The zero-order valence-electron chi connectivity index (χ0n) is 13.2. The summed E-state index contributed by atoms with van der Waals surface area (Å²) in [6, 6.07) is 1.77. The molecule has 1 saturated heterocycles. The van der Waals surface area contributed by atoms with Crippen LogP contribution in [0.4, 0.5) is 5.82 Å². The third-order valence-electron chi connectivity index (χ3n) is 3.62. The molecule has 0 bridgehead atoms. The third kappa shape index (κ3) is 3.36. The number of nitrogens with one attached hydrogen (secondary N) is 1. The quantitative estimate of drug-likeness (QED) is 0.601. The van der Waals surface area contributed by atoms with Crippen LogP contribution in [0.15, 0.2) is 35.8 Å². The second-order valence-electron chi connectivity index (χ2n) is 4.98. The molecule has 10 nitrogen and oxygen atoms in total. The molecule has 0 aliphatic carbocycles. The average molecular weight is 353 g/mol. The van der Waals surface area contributed by atoms with E-state index in [2.05, 4.69) is 30.3 Å². The molecule has 1 N–H and O–H groups in total. The Kier molecular flexibility index (Phi) is 5.58. The number of hydrogen-bond acceptors (Lipinski definition) is 7. The van der Waals surface area contributed by atoms with E-state index in [4.69, 9.17) is 4.74 Å². The van der Waals surface area contributed by atoms with E-state index < -0.39 is 0 Å². The van der Waals surface area contributed by atoms with Crippen molar-refractivity contribution in [2.75, 3.05) is 31.2 Å². The molecule has 1 aliphatic rings. The smallest absolute Gasteiger partial charge is 0.298 e. The number of ether oxygens (including phenoxy) is 1. The number of rotatable bonds is 3. The number of H-pyrrole nitrogens is 1. The van der Waals surface area contributed by atoms with Crippen LogP contribution >= 0.6 is 0 Å². The van der Waals surface area contributed by atoms with E-state index in [1.807, 2.05) is 0 Å². The maximum absolute atomic E-state index is 12.5. The second-order valence-corrected chi connectivity index (χ2v) is 4.98. The summed E-state index contributed by atoms with van der Waals surface area (Å²) < 4.78 is 8.09. The summed E-state index contributed by atoms with van der Waals surface area (Å²) in [7, 11) is 0. The van der Waals surface area contributed by atoms with Gasteiger partial charge in [0.2, 0.25) is 0 Å². The van der Waals surface area contributed by atoms with Crippen LogP contribution in [0.25, 0.3) is 11.5 Å². The van der Waals surface area contributed by atoms with Crippen molar-refractivity contribution in [3.8, 4) is 11.5 Å². The molecule has 0 amide bonds. The van der Waals surface area contributed by atoms with Crippen LogP contribution in [0.3, 0.4) is 0 Å². The molecule has 0 atom stereocenters. The standard InChI is InChI=1S/C13H14N8O2.K/c22-13-10(20-2-1-16-18-20)8-17-21(13)12-7-11(14-9-15-12)19-3-5-23-6-4-19;/h1-2,7-9,17H,3-6H2;. The van der Waals surface area contributed by atoms with E-state index in [-0.39, 0.29) is 56.9 Å². The molecule has 0 spiro atoms. The van der Waals surface area contributed by atoms with Gasteiger partial charge in [0.25, 0.3) is 5.56 Å². The molecular formula is C13H14KN8O2. The molecule has 3 aromatic heterocycles. The molecule has 119 valence electrons. The van der Waals surface area contributed by atoms with E-state index in [9.17, 15) is 4.79 Å². The van der Waals surface area contributed by atoms with Crippen LogP contribution in [-0.4, -0.2) is 112 Å². The van der Waals surface area contributed by atoms with E-state index in [0.717, 1.165) is 18.9 Å². The van der Waals surface area contributed by atoms with Crippen molar-refractivity contribution in [3.63, 3.8) is 0 Å². The van der Waals surface area contributed by atoms with Crippen molar-refractivity contribution in [1.82, 2.24) is 34.7 Å². The van der Waals surface area contributed by atoms with Gasteiger partial charge in [0.15, 0.2) is 11.5 Å². The Hall–Kier alpha value is -1.37. The Balaban J connectivity index is 0.00000169. The predicted molar refractivity (Wildman–Crippen MR) is 85.7 cm³/mol. The Labute approximate surface area is 179 Å². The normalized spacial score (nSPS) is 14.4. The van der Waals surface area contributed by atoms with Crippen molar-refractivity contribution < 1.29 is 4.74 Å². The first-order valence-electron chi connectivity index (χ1n) is 7.15. The molecule has 1 radical (unpaired) electrons. The zero-order valence-corrected chi connectivity index (χ0v) is 16.3. The SMILES string of the molecule is O=c1c(-n2ccnn2)c[nH]n1-c1cc(N2CCOCC2)ncn1.[K]. The number of anilines is 1. The minimum Gasteiger partial charge on any atom is -0.378 e. The number of morpholine rings is 1. The Morgan fingerprint density at radius 3 is 2.71 bits per heavy atom. The molecule has 1 aliphatic heterocycles. The summed E-state index contributed by atoms with van der Waals surface area (Å²) in [5, 5.41) is 10.4. The van der Waals surface area contributed by atoms with Crippen LogP contribution in [0, 0.1) is 0 Å². The van der Waals surface area contributed by atoms with Crippen LogP contribution in [0.5, 0.6) is 0 Å². The summed E-state index contributed by atoms with van der Waals surface area (Å²) >= 11 is 0. The molecule has 3 aromatic rings. The summed E-state index contributed by atoms with van der Waals surface area (Å²) in [5.41, 5.74) is 0.108. The van der Waals surface area contributed by atoms with Crippen molar-refractivity contribution in [2.45, 2.75) is 0 Å². The molecule has 0 saturated carbocycles. The Morgan fingerprint density at radius 2 is 1.96 bits per heavy atom. The van der Waals surface area contributed by atoms with Crippen LogP contribution in [0.1, 0.15) is 0 Å². The van der Waals surface area contributed by atoms with Crippen LogP contribution < -0.4 is 10.5 Å². The molecule has 0 unspecified atom stereocenters. The van der Waals surface area contributed by atoms with Crippen LogP contribution in [0.2, 0.25) is 0 Å². The number of hydrogen-bond donors (Lipinski definition) is 1. The first-order chi connectivity index (χ1) is 11.3. The largest absolute Gasteiger partial charge is 0.378 e. The Bertz CT molecular complexity index is 853. The maximum atomic E-state index is 12.5. The van der Waals surface area contributed by atoms with Gasteiger partial charge < -0.3 is 9.64 Å². The fraction of sp³-hybridized carbons (Fsp3) is 0.308. The van der Waals surface area contributed by atoms with E-state index in [1.165, 1.54) is 21.9 Å². The first-order valence-corrected chi connectivity index (χ1v) is 7.15. The van der Waals surface area contributed by atoms with Gasteiger partial charge in [-0.05, 0) is 0 Å². The van der Waals surface area contributed by atoms with Gasteiger partial charge in [0.05, 0.1) is 31.8 Å². The molecule has 0 aromatic carbocycles. The van der Waals surface area contributed by atoms with Crippen molar-refractivity contribution in [1.29, 1.82) is 0 Å². The van der Waals surface area contributed by atoms with Gasteiger partial charge in [-0.25, -0.2) is 14.6 Å². The van der Waals surface area contributed by atoms with E-state index in [0.29, 0.717) is 24.7 Å². The molecule has 11 heteroatoms. The number of aromatic amines is 1. The summed E-state index contributed by atoms with van der Waals surface area (Å²) in [5.74, 6) is 1.24. The van der Waals surface area contributed by atoms with Gasteiger partial charge in [0.1, 0.15) is 12.1 Å². The maximum Gasteiger partial charge on any atom is 0.298 e. The average Bonchev–Trinajstić information content (AvgIpc) is 3.25.